The van der Waals surface area contributed by atoms with Crippen LogP contribution in [0.1, 0.15) is 21.5 Å². The molecule has 4 aromatic carbocycles. The molecule has 35 heavy (non-hydrogen) atoms. The van der Waals surface area contributed by atoms with Crippen LogP contribution >= 0.6 is 11.6 Å². The third kappa shape index (κ3) is 4.54. The minimum atomic E-state index is -0.235. The van der Waals surface area contributed by atoms with E-state index in [1.54, 1.807) is 42.3 Å². The maximum absolute atomic E-state index is 13.3. The third-order valence-electron chi connectivity index (χ3n) is 5.89. The second-order valence-corrected chi connectivity index (χ2v) is 8.60. The molecule has 5 rings (SSSR count). The van der Waals surface area contributed by atoms with Crippen molar-refractivity contribution in [2.45, 2.75) is 0 Å². The van der Waals surface area contributed by atoms with E-state index in [-0.39, 0.29) is 11.8 Å². The van der Waals surface area contributed by atoms with Gasteiger partial charge in [-0.25, -0.2) is 0 Å². The summed E-state index contributed by atoms with van der Waals surface area (Å²) in [7, 11) is 1.74. The molecule has 0 radical (unpaired) electrons. The minimum absolute atomic E-state index is 0.162. The smallest absolute Gasteiger partial charge is 0.258 e. The largest absolute Gasteiger partial charge is 0.354 e. The first-order valence-corrected chi connectivity index (χ1v) is 11.5. The SMILES string of the molecule is CN(C(=O)c1ccc2c(c1)/C(=C(/Nc1ccc(Cl)cc1)c1ccccc1)C(=O)N2)c1ccccc1. The molecule has 0 spiro atoms. The number of para-hydroxylation sites is 1. The summed E-state index contributed by atoms with van der Waals surface area (Å²) in [5, 5.41) is 6.96. The molecule has 0 unspecified atom stereocenters. The predicted octanol–water partition coefficient (Wildman–Crippen LogP) is 6.55. The van der Waals surface area contributed by atoms with Gasteiger partial charge in [0.25, 0.3) is 11.8 Å². The van der Waals surface area contributed by atoms with Gasteiger partial charge in [-0.3, -0.25) is 9.59 Å². The number of hydrogen-bond donors (Lipinski definition) is 2. The molecule has 4 aromatic rings. The van der Waals surface area contributed by atoms with Crippen LogP contribution in [0.4, 0.5) is 17.1 Å². The van der Waals surface area contributed by atoms with Crippen LogP contribution in [-0.4, -0.2) is 18.9 Å². The first-order valence-electron chi connectivity index (χ1n) is 11.1. The number of carbonyl (C=O) groups excluding carboxylic acids is 2. The van der Waals surface area contributed by atoms with Crippen molar-refractivity contribution in [2.24, 2.45) is 0 Å². The number of nitrogens with zero attached hydrogens (tertiary/aromatic N) is 1. The fourth-order valence-corrected chi connectivity index (χ4v) is 4.20. The first kappa shape index (κ1) is 22.4. The molecule has 0 bridgehead atoms. The van der Waals surface area contributed by atoms with Gasteiger partial charge in [0.15, 0.2) is 0 Å². The molecule has 1 heterocycles. The molecule has 0 aromatic heterocycles. The van der Waals surface area contributed by atoms with E-state index in [9.17, 15) is 9.59 Å². The Bertz CT molecular complexity index is 1430. The summed E-state index contributed by atoms with van der Waals surface area (Å²) < 4.78 is 0. The Hall–Kier alpha value is -4.35. The molecule has 0 fully saturated rings. The quantitative estimate of drug-likeness (QED) is 0.319. The molecule has 1 aliphatic heterocycles. The van der Waals surface area contributed by atoms with Gasteiger partial charge < -0.3 is 15.5 Å². The standard InChI is InChI=1S/C29H22ClN3O2/c1-33(23-10-6-3-7-11-23)29(35)20-12-17-25-24(18-20)26(28(34)32-25)27(19-8-4-2-5-9-19)31-22-15-13-21(30)14-16-22/h2-18,31H,1H3,(H,32,34)/b27-26-. The lowest BCUT2D eigenvalue weighted by molar-refractivity contribution is -0.110. The van der Waals surface area contributed by atoms with Gasteiger partial charge in [-0.05, 0) is 60.2 Å². The molecule has 1 aliphatic rings. The molecule has 172 valence electrons. The highest BCUT2D eigenvalue weighted by Gasteiger charge is 2.30. The van der Waals surface area contributed by atoms with Crippen LogP contribution in [0.15, 0.2) is 103 Å². The summed E-state index contributed by atoms with van der Waals surface area (Å²) in [5.41, 5.74) is 5.36. The highest BCUT2D eigenvalue weighted by atomic mass is 35.5. The summed E-state index contributed by atoms with van der Waals surface area (Å²) in [5.74, 6) is -0.397. The molecule has 5 nitrogen and oxygen atoms in total. The van der Waals surface area contributed by atoms with E-state index in [4.69, 9.17) is 11.6 Å². The number of halogens is 1. The van der Waals surface area contributed by atoms with Gasteiger partial charge in [0.2, 0.25) is 0 Å². The van der Waals surface area contributed by atoms with E-state index in [1.165, 1.54) is 0 Å². The van der Waals surface area contributed by atoms with Crippen LogP contribution in [0.5, 0.6) is 0 Å². The maximum atomic E-state index is 13.3. The number of nitrogens with one attached hydrogen (secondary N) is 2. The van der Waals surface area contributed by atoms with Gasteiger partial charge in [0.1, 0.15) is 0 Å². The zero-order valence-corrected chi connectivity index (χ0v) is 19.7. The maximum Gasteiger partial charge on any atom is 0.258 e. The van der Waals surface area contributed by atoms with Crippen molar-refractivity contribution in [3.63, 3.8) is 0 Å². The normalized spacial score (nSPS) is 13.6. The Kier molecular flexibility index (Phi) is 6.08. The average molecular weight is 480 g/mol. The zero-order chi connectivity index (χ0) is 24.4. The Morgan fingerprint density at radius 3 is 2.17 bits per heavy atom. The number of amides is 2. The molecule has 2 amide bonds. The number of fused-ring (bicyclic) bond motifs is 1. The van der Waals surface area contributed by atoms with Crippen molar-refractivity contribution in [1.82, 2.24) is 0 Å². The lowest BCUT2D eigenvalue weighted by Crippen LogP contribution is -2.26. The van der Waals surface area contributed by atoms with Gasteiger partial charge in [0, 0.05) is 40.3 Å². The number of hydrogen-bond acceptors (Lipinski definition) is 3. The average Bonchev–Trinajstić information content (AvgIpc) is 3.23. The van der Waals surface area contributed by atoms with E-state index in [1.807, 2.05) is 72.8 Å². The van der Waals surface area contributed by atoms with E-state index in [0.29, 0.717) is 33.1 Å². The summed E-state index contributed by atoms with van der Waals surface area (Å²) >= 11 is 6.06. The van der Waals surface area contributed by atoms with Crippen molar-refractivity contribution in [1.29, 1.82) is 0 Å². The van der Waals surface area contributed by atoms with Crippen molar-refractivity contribution >= 4 is 51.7 Å². The van der Waals surface area contributed by atoms with Gasteiger partial charge in [-0.15, -0.1) is 0 Å². The van der Waals surface area contributed by atoms with Gasteiger partial charge in [-0.2, -0.15) is 0 Å². The van der Waals surface area contributed by atoms with Crippen molar-refractivity contribution in [3.05, 3.63) is 125 Å². The van der Waals surface area contributed by atoms with Gasteiger partial charge in [0.05, 0.1) is 11.3 Å². The Morgan fingerprint density at radius 2 is 1.49 bits per heavy atom. The van der Waals surface area contributed by atoms with Gasteiger partial charge in [-0.1, -0.05) is 60.1 Å². The topological polar surface area (TPSA) is 61.4 Å². The van der Waals surface area contributed by atoms with E-state index in [2.05, 4.69) is 10.6 Å². The van der Waals surface area contributed by atoms with Crippen molar-refractivity contribution in [3.8, 4) is 0 Å². The first-order chi connectivity index (χ1) is 17.0. The predicted molar refractivity (Wildman–Crippen MR) is 143 cm³/mol. The highest BCUT2D eigenvalue weighted by Crippen LogP contribution is 2.38. The summed E-state index contributed by atoms with van der Waals surface area (Å²) in [6.07, 6.45) is 0. The molecular formula is C29H22ClN3O2. The van der Waals surface area contributed by atoms with Crippen LogP contribution < -0.4 is 15.5 Å². The second kappa shape index (κ2) is 9.49. The number of carbonyl (C=O) groups is 2. The van der Waals surface area contributed by atoms with Crippen LogP contribution in [0.2, 0.25) is 5.02 Å². The van der Waals surface area contributed by atoms with Crippen molar-refractivity contribution in [2.75, 3.05) is 22.6 Å². The van der Waals surface area contributed by atoms with Gasteiger partial charge >= 0.3 is 0 Å². The third-order valence-corrected chi connectivity index (χ3v) is 6.14. The van der Waals surface area contributed by atoms with Crippen LogP contribution in [0, 0.1) is 0 Å². The Balaban J connectivity index is 1.61. The molecule has 6 heteroatoms. The Labute approximate surface area is 208 Å². The van der Waals surface area contributed by atoms with Crippen LogP contribution in [0.3, 0.4) is 0 Å². The van der Waals surface area contributed by atoms with Crippen LogP contribution in [0.25, 0.3) is 11.3 Å². The molecule has 2 N–H and O–H groups in total. The Morgan fingerprint density at radius 1 is 0.829 bits per heavy atom. The molecule has 0 atom stereocenters. The monoisotopic (exact) mass is 479 g/mol. The van der Waals surface area contributed by atoms with E-state index >= 15 is 0 Å². The number of anilines is 3. The fourth-order valence-electron chi connectivity index (χ4n) is 4.07. The van der Waals surface area contributed by atoms with Crippen LogP contribution in [-0.2, 0) is 4.79 Å². The summed E-state index contributed by atoms with van der Waals surface area (Å²) in [6, 6.07) is 31.7. The molecular weight excluding hydrogens is 458 g/mol. The molecule has 0 saturated heterocycles. The van der Waals surface area contributed by atoms with Crippen molar-refractivity contribution < 1.29 is 9.59 Å². The lowest BCUT2D eigenvalue weighted by atomic mass is 9.98. The second-order valence-electron chi connectivity index (χ2n) is 8.16. The molecule has 0 saturated carbocycles. The summed E-state index contributed by atoms with van der Waals surface area (Å²) in [6.45, 7) is 0. The lowest BCUT2D eigenvalue weighted by Gasteiger charge is -2.18. The fraction of sp³-hybridized carbons (Fsp3) is 0.0345. The molecule has 0 aliphatic carbocycles. The summed E-state index contributed by atoms with van der Waals surface area (Å²) in [4.78, 5) is 28.1. The van der Waals surface area contributed by atoms with E-state index in [0.717, 1.165) is 16.9 Å². The highest BCUT2D eigenvalue weighted by molar-refractivity contribution is 6.37. The van der Waals surface area contributed by atoms with E-state index < -0.39 is 0 Å². The number of rotatable bonds is 5. The zero-order valence-electron chi connectivity index (χ0n) is 19.0. The minimum Gasteiger partial charge on any atom is -0.354 e. The number of benzene rings is 4.